The number of H-pyrrole nitrogens is 1. The van der Waals surface area contributed by atoms with E-state index in [0.29, 0.717) is 15.4 Å². The third-order valence-electron chi connectivity index (χ3n) is 1.74. The van der Waals surface area contributed by atoms with Crippen LogP contribution in [0, 0.1) is 0 Å². The van der Waals surface area contributed by atoms with Crippen LogP contribution in [0.25, 0.3) is 10.9 Å². The maximum atomic E-state index is 11.2. The van der Waals surface area contributed by atoms with Crippen molar-refractivity contribution in [2.24, 2.45) is 0 Å². The molecule has 2 aromatic rings. The summed E-state index contributed by atoms with van der Waals surface area (Å²) in [6.07, 6.45) is 1.53. The van der Waals surface area contributed by atoms with Crippen molar-refractivity contribution in [1.29, 1.82) is 0 Å². The van der Waals surface area contributed by atoms with Crippen LogP contribution in [0.15, 0.2) is 27.7 Å². The van der Waals surface area contributed by atoms with Gasteiger partial charge in [-0.2, -0.15) is 5.10 Å². The fourth-order valence-corrected chi connectivity index (χ4v) is 2.85. The molecule has 0 aliphatic carbocycles. The molecule has 0 spiro atoms. The van der Waals surface area contributed by atoms with E-state index in [9.17, 15) is 8.42 Å². The van der Waals surface area contributed by atoms with Gasteiger partial charge in [-0.1, -0.05) is 15.9 Å². The van der Waals surface area contributed by atoms with Crippen LogP contribution in [0.3, 0.4) is 0 Å². The summed E-state index contributed by atoms with van der Waals surface area (Å²) in [5.41, 5.74) is 0.420. The van der Waals surface area contributed by atoms with Crippen LogP contribution in [-0.4, -0.2) is 18.6 Å². The van der Waals surface area contributed by atoms with Gasteiger partial charge in [-0.05, 0) is 12.1 Å². The van der Waals surface area contributed by atoms with E-state index in [0.717, 1.165) is 0 Å². The van der Waals surface area contributed by atoms with Crippen LogP contribution in [0.4, 0.5) is 0 Å². The Bertz CT molecular complexity index is 593. The second-order valence-corrected chi connectivity index (χ2v) is 6.13. The van der Waals surface area contributed by atoms with Crippen molar-refractivity contribution >= 4 is 46.6 Å². The molecule has 0 unspecified atom stereocenters. The molecule has 0 aliphatic rings. The van der Waals surface area contributed by atoms with Crippen LogP contribution in [0.5, 0.6) is 0 Å². The summed E-state index contributed by atoms with van der Waals surface area (Å²) < 4.78 is 23.0. The van der Waals surface area contributed by atoms with Gasteiger partial charge < -0.3 is 0 Å². The Morgan fingerprint density at radius 1 is 1.43 bits per heavy atom. The third kappa shape index (κ3) is 1.65. The average molecular weight is 296 g/mol. The van der Waals surface area contributed by atoms with Crippen molar-refractivity contribution in [2.75, 3.05) is 0 Å². The molecule has 4 nitrogen and oxygen atoms in total. The van der Waals surface area contributed by atoms with Gasteiger partial charge in [0.05, 0.1) is 11.7 Å². The van der Waals surface area contributed by atoms with E-state index in [-0.39, 0.29) is 4.90 Å². The summed E-state index contributed by atoms with van der Waals surface area (Å²) in [6.45, 7) is 0. The lowest BCUT2D eigenvalue weighted by molar-refractivity contribution is 0.610. The van der Waals surface area contributed by atoms with Crippen molar-refractivity contribution in [3.05, 3.63) is 22.8 Å². The van der Waals surface area contributed by atoms with Gasteiger partial charge in [0, 0.05) is 20.5 Å². The van der Waals surface area contributed by atoms with E-state index in [1.807, 2.05) is 0 Å². The second-order valence-electron chi connectivity index (χ2n) is 2.68. The Labute approximate surface area is 92.8 Å². The molecule has 0 saturated carbocycles. The first-order valence-corrected chi connectivity index (χ1v) is 6.66. The van der Waals surface area contributed by atoms with Gasteiger partial charge in [0.25, 0.3) is 9.05 Å². The monoisotopic (exact) mass is 294 g/mol. The zero-order chi connectivity index (χ0) is 10.3. The predicted molar refractivity (Wildman–Crippen MR) is 56.8 cm³/mol. The molecule has 1 aromatic carbocycles. The maximum absolute atomic E-state index is 11.2. The molecular formula is C7H4BrClN2O2S. The highest BCUT2D eigenvalue weighted by Crippen LogP contribution is 2.27. The summed E-state index contributed by atoms with van der Waals surface area (Å²) in [4.78, 5) is 0.0287. The standard InChI is InChI=1S/C7H4BrClN2O2S/c8-5-1-4-3-10-11-7(4)6(2-5)14(9,12)13/h1-3H,(H,10,11). The molecule has 0 aliphatic heterocycles. The number of benzene rings is 1. The van der Waals surface area contributed by atoms with Crippen LogP contribution in [-0.2, 0) is 9.05 Å². The summed E-state index contributed by atoms with van der Waals surface area (Å²) >= 11 is 3.20. The molecule has 0 amide bonds. The number of hydrogen-bond donors (Lipinski definition) is 1. The zero-order valence-electron chi connectivity index (χ0n) is 6.66. The first-order chi connectivity index (χ1) is 6.48. The Hall–Kier alpha value is -0.590. The molecule has 0 saturated heterocycles. The highest BCUT2D eigenvalue weighted by molar-refractivity contribution is 9.10. The van der Waals surface area contributed by atoms with Crippen molar-refractivity contribution in [2.45, 2.75) is 4.90 Å². The van der Waals surface area contributed by atoms with Gasteiger partial charge in [0.1, 0.15) is 4.90 Å². The van der Waals surface area contributed by atoms with E-state index in [2.05, 4.69) is 26.1 Å². The van der Waals surface area contributed by atoms with Gasteiger partial charge >= 0.3 is 0 Å². The minimum Gasteiger partial charge on any atom is -0.276 e. The molecule has 1 aromatic heterocycles. The zero-order valence-corrected chi connectivity index (χ0v) is 9.82. The highest BCUT2D eigenvalue weighted by Gasteiger charge is 2.16. The van der Waals surface area contributed by atoms with Gasteiger partial charge in [-0.25, -0.2) is 8.42 Å². The number of halogens is 2. The lowest BCUT2D eigenvalue weighted by Gasteiger charge is -1.98. The molecule has 0 atom stereocenters. The number of fused-ring (bicyclic) bond motifs is 1. The van der Waals surface area contributed by atoms with Crippen LogP contribution >= 0.6 is 26.6 Å². The number of hydrogen-bond acceptors (Lipinski definition) is 3. The first-order valence-electron chi connectivity index (χ1n) is 3.56. The van der Waals surface area contributed by atoms with E-state index in [4.69, 9.17) is 10.7 Å². The molecule has 14 heavy (non-hydrogen) atoms. The summed E-state index contributed by atoms with van der Waals surface area (Å²) in [6, 6.07) is 3.19. The van der Waals surface area contributed by atoms with Crippen molar-refractivity contribution < 1.29 is 8.42 Å². The Morgan fingerprint density at radius 2 is 2.14 bits per heavy atom. The average Bonchev–Trinajstić information content (AvgIpc) is 2.47. The third-order valence-corrected chi connectivity index (χ3v) is 3.54. The van der Waals surface area contributed by atoms with Crippen molar-refractivity contribution in [3.63, 3.8) is 0 Å². The molecule has 0 radical (unpaired) electrons. The van der Waals surface area contributed by atoms with E-state index < -0.39 is 9.05 Å². The molecule has 2 rings (SSSR count). The first kappa shape index (κ1) is 9.95. The fraction of sp³-hybridized carbons (Fsp3) is 0. The molecule has 1 heterocycles. The molecule has 74 valence electrons. The van der Waals surface area contributed by atoms with Crippen molar-refractivity contribution in [1.82, 2.24) is 10.2 Å². The number of aromatic amines is 1. The number of aromatic nitrogens is 2. The van der Waals surface area contributed by atoms with Crippen molar-refractivity contribution in [3.8, 4) is 0 Å². The minimum atomic E-state index is -3.75. The summed E-state index contributed by atoms with van der Waals surface area (Å²) in [5, 5.41) is 7.03. The SMILES string of the molecule is O=S(=O)(Cl)c1cc(Br)cc2cn[nH]c12. The number of nitrogens with one attached hydrogen (secondary N) is 1. The van der Waals surface area contributed by atoms with Gasteiger partial charge in [-0.3, -0.25) is 5.10 Å². The molecule has 1 N–H and O–H groups in total. The number of rotatable bonds is 1. The highest BCUT2D eigenvalue weighted by atomic mass is 79.9. The summed E-state index contributed by atoms with van der Waals surface area (Å²) in [7, 11) is 1.52. The largest absolute Gasteiger partial charge is 0.276 e. The molecule has 7 heteroatoms. The lowest BCUT2D eigenvalue weighted by Crippen LogP contribution is -1.92. The van der Waals surface area contributed by atoms with Gasteiger partial charge in [0.15, 0.2) is 0 Å². The van der Waals surface area contributed by atoms with E-state index in [1.54, 1.807) is 6.07 Å². The van der Waals surface area contributed by atoms with Gasteiger partial charge in [0.2, 0.25) is 0 Å². The smallest absolute Gasteiger partial charge is 0.263 e. The lowest BCUT2D eigenvalue weighted by atomic mass is 10.3. The number of nitrogens with zero attached hydrogens (tertiary/aromatic N) is 1. The molecule has 0 bridgehead atoms. The Kier molecular flexibility index (Phi) is 2.29. The quantitative estimate of drug-likeness (QED) is 0.821. The minimum absolute atomic E-state index is 0.0287. The summed E-state index contributed by atoms with van der Waals surface area (Å²) in [5.74, 6) is 0. The van der Waals surface area contributed by atoms with Crippen LogP contribution in [0.1, 0.15) is 0 Å². The Balaban J connectivity index is 2.94. The Morgan fingerprint density at radius 3 is 2.79 bits per heavy atom. The van der Waals surface area contributed by atoms with E-state index >= 15 is 0 Å². The van der Waals surface area contributed by atoms with E-state index in [1.165, 1.54) is 12.3 Å². The fourth-order valence-electron chi connectivity index (χ4n) is 1.18. The normalized spacial score (nSPS) is 12.1. The molecular weight excluding hydrogens is 292 g/mol. The molecule has 0 fully saturated rings. The second kappa shape index (κ2) is 3.22. The predicted octanol–water partition coefficient (Wildman–Crippen LogP) is 2.25. The van der Waals surface area contributed by atoms with Gasteiger partial charge in [-0.15, -0.1) is 0 Å². The topological polar surface area (TPSA) is 62.8 Å². The van der Waals surface area contributed by atoms with Crippen LogP contribution in [0.2, 0.25) is 0 Å². The van der Waals surface area contributed by atoms with Crippen LogP contribution < -0.4 is 0 Å². The maximum Gasteiger partial charge on any atom is 0.263 e.